The third kappa shape index (κ3) is 2.68. The smallest absolute Gasteiger partial charge is 0.170 e. The van der Waals surface area contributed by atoms with E-state index in [4.69, 9.17) is 0 Å². The number of thiazole rings is 1. The number of ketones is 1. The van der Waals surface area contributed by atoms with Crippen LogP contribution in [0.15, 0.2) is 29.6 Å². The Kier molecular flexibility index (Phi) is 3.70. The van der Waals surface area contributed by atoms with Crippen molar-refractivity contribution in [1.82, 2.24) is 4.98 Å². The van der Waals surface area contributed by atoms with Gasteiger partial charge in [-0.1, -0.05) is 18.2 Å². The van der Waals surface area contributed by atoms with E-state index in [0.717, 1.165) is 19.8 Å². The lowest BCUT2D eigenvalue weighted by molar-refractivity contribution is 0.0992. The van der Waals surface area contributed by atoms with Crippen LogP contribution in [0.1, 0.15) is 21.1 Å². The van der Waals surface area contributed by atoms with Gasteiger partial charge in [0.1, 0.15) is 5.01 Å². The predicted molar refractivity (Wildman–Crippen MR) is 74.0 cm³/mol. The van der Waals surface area contributed by atoms with Crippen LogP contribution in [0.25, 0.3) is 0 Å². The molecule has 4 heteroatoms. The molecule has 0 atom stereocenters. The van der Waals surface area contributed by atoms with Gasteiger partial charge in [0.15, 0.2) is 5.78 Å². The van der Waals surface area contributed by atoms with E-state index in [9.17, 15) is 4.79 Å². The van der Waals surface area contributed by atoms with Crippen LogP contribution in [0.5, 0.6) is 0 Å². The fourth-order valence-corrected chi connectivity index (χ4v) is 2.86. The maximum Gasteiger partial charge on any atom is 0.170 e. The maximum absolute atomic E-state index is 12.0. The number of carbonyl (C=O) groups is 1. The third-order valence-corrected chi connectivity index (χ3v) is 4.06. The molecular formula is C12H10INOS. The summed E-state index contributed by atoms with van der Waals surface area (Å²) in [6, 6.07) is 7.64. The van der Waals surface area contributed by atoms with Gasteiger partial charge < -0.3 is 0 Å². The van der Waals surface area contributed by atoms with Crippen molar-refractivity contribution in [3.63, 3.8) is 0 Å². The lowest BCUT2D eigenvalue weighted by atomic mass is 10.1. The zero-order valence-electron chi connectivity index (χ0n) is 8.74. The topological polar surface area (TPSA) is 30.0 Å². The molecule has 0 amide bonds. The van der Waals surface area contributed by atoms with Crippen LogP contribution in [0.2, 0.25) is 0 Å². The van der Waals surface area contributed by atoms with E-state index in [2.05, 4.69) is 27.6 Å². The highest BCUT2D eigenvalue weighted by Gasteiger charge is 2.11. The molecule has 0 fully saturated rings. The Morgan fingerprint density at radius 1 is 1.44 bits per heavy atom. The Balaban J connectivity index is 2.18. The second kappa shape index (κ2) is 5.05. The second-order valence-electron chi connectivity index (χ2n) is 3.46. The Hall–Kier alpha value is -0.750. The van der Waals surface area contributed by atoms with Gasteiger partial charge in [0.05, 0.1) is 6.42 Å². The van der Waals surface area contributed by atoms with Crippen molar-refractivity contribution in [1.29, 1.82) is 0 Å². The van der Waals surface area contributed by atoms with Crippen LogP contribution in [-0.4, -0.2) is 10.8 Å². The molecule has 1 aromatic carbocycles. The Morgan fingerprint density at radius 2 is 2.19 bits per heavy atom. The van der Waals surface area contributed by atoms with E-state index in [-0.39, 0.29) is 5.78 Å². The summed E-state index contributed by atoms with van der Waals surface area (Å²) in [7, 11) is 0. The van der Waals surface area contributed by atoms with Crippen LogP contribution >= 0.6 is 33.9 Å². The standard InChI is InChI=1S/C12H10INOS/c1-8-7-16-12(14-8)6-11(15)9-4-2-3-5-10(9)13/h2-5,7H,6H2,1H3. The van der Waals surface area contributed by atoms with E-state index >= 15 is 0 Å². The SMILES string of the molecule is Cc1csc(CC(=O)c2ccccc2I)n1. The predicted octanol–water partition coefficient (Wildman–Crippen LogP) is 3.48. The van der Waals surface area contributed by atoms with Gasteiger partial charge in [-0.25, -0.2) is 4.98 Å². The van der Waals surface area contributed by atoms with Gasteiger partial charge in [-0.2, -0.15) is 0 Å². The van der Waals surface area contributed by atoms with Crippen molar-refractivity contribution in [3.05, 3.63) is 49.5 Å². The number of halogens is 1. The van der Waals surface area contributed by atoms with Gasteiger partial charge in [0, 0.05) is 20.2 Å². The second-order valence-corrected chi connectivity index (χ2v) is 5.57. The van der Waals surface area contributed by atoms with Crippen molar-refractivity contribution in [3.8, 4) is 0 Å². The van der Waals surface area contributed by atoms with Gasteiger partial charge in [0.25, 0.3) is 0 Å². The average Bonchev–Trinajstić information content (AvgIpc) is 2.64. The molecule has 0 spiro atoms. The highest BCUT2D eigenvalue weighted by molar-refractivity contribution is 14.1. The Bertz CT molecular complexity index is 521. The first-order chi connectivity index (χ1) is 7.66. The quantitative estimate of drug-likeness (QED) is 0.631. The summed E-state index contributed by atoms with van der Waals surface area (Å²) < 4.78 is 0.998. The first-order valence-corrected chi connectivity index (χ1v) is 6.81. The summed E-state index contributed by atoms with van der Waals surface area (Å²) in [5.41, 5.74) is 1.77. The number of benzene rings is 1. The number of aryl methyl sites for hydroxylation is 1. The van der Waals surface area contributed by atoms with Crippen LogP contribution in [0.3, 0.4) is 0 Å². The minimum absolute atomic E-state index is 0.138. The first-order valence-electron chi connectivity index (χ1n) is 4.85. The zero-order valence-corrected chi connectivity index (χ0v) is 11.7. The molecule has 2 aromatic rings. The molecule has 0 aliphatic carbocycles. The average molecular weight is 343 g/mol. The molecule has 1 aromatic heterocycles. The van der Waals surface area contributed by atoms with E-state index in [1.807, 2.05) is 36.6 Å². The summed E-state index contributed by atoms with van der Waals surface area (Å²) in [6.07, 6.45) is 0.401. The Labute approximate surface area is 112 Å². The highest BCUT2D eigenvalue weighted by atomic mass is 127. The van der Waals surface area contributed by atoms with Crippen molar-refractivity contribution in [2.24, 2.45) is 0 Å². The molecule has 2 nitrogen and oxygen atoms in total. The summed E-state index contributed by atoms with van der Waals surface area (Å²) in [5, 5.41) is 2.86. The largest absolute Gasteiger partial charge is 0.294 e. The maximum atomic E-state index is 12.0. The Morgan fingerprint density at radius 3 is 2.81 bits per heavy atom. The summed E-state index contributed by atoms with van der Waals surface area (Å²) in [4.78, 5) is 16.3. The number of Topliss-reactive ketones (excluding diaryl/α,β-unsaturated/α-hetero) is 1. The molecule has 0 bridgehead atoms. The number of hydrogen-bond donors (Lipinski definition) is 0. The molecule has 0 unspecified atom stereocenters. The number of nitrogens with zero attached hydrogens (tertiary/aromatic N) is 1. The molecule has 0 radical (unpaired) electrons. The lowest BCUT2D eigenvalue weighted by Gasteiger charge is -2.01. The molecule has 1 heterocycles. The number of hydrogen-bond acceptors (Lipinski definition) is 3. The molecule has 0 saturated carbocycles. The van der Waals surface area contributed by atoms with Gasteiger partial charge in [-0.05, 0) is 35.6 Å². The molecule has 16 heavy (non-hydrogen) atoms. The van der Waals surface area contributed by atoms with Gasteiger partial charge in [-0.15, -0.1) is 11.3 Å². The molecular weight excluding hydrogens is 333 g/mol. The number of rotatable bonds is 3. The number of carbonyl (C=O) groups excluding carboxylic acids is 1. The van der Waals surface area contributed by atoms with Crippen molar-refractivity contribution < 1.29 is 4.79 Å². The molecule has 0 saturated heterocycles. The number of aromatic nitrogens is 1. The zero-order chi connectivity index (χ0) is 11.5. The summed E-state index contributed by atoms with van der Waals surface area (Å²) in [6.45, 7) is 1.94. The van der Waals surface area contributed by atoms with Crippen molar-refractivity contribution >= 4 is 39.7 Å². The lowest BCUT2D eigenvalue weighted by Crippen LogP contribution is -2.05. The molecule has 82 valence electrons. The molecule has 0 aliphatic rings. The highest BCUT2D eigenvalue weighted by Crippen LogP contribution is 2.16. The van der Waals surface area contributed by atoms with Crippen LogP contribution < -0.4 is 0 Å². The molecule has 2 rings (SSSR count). The van der Waals surface area contributed by atoms with Crippen LogP contribution in [0, 0.1) is 10.5 Å². The van der Waals surface area contributed by atoms with Gasteiger partial charge in [-0.3, -0.25) is 4.79 Å². The van der Waals surface area contributed by atoms with E-state index < -0.39 is 0 Å². The summed E-state index contributed by atoms with van der Waals surface area (Å²) >= 11 is 3.73. The fourth-order valence-electron chi connectivity index (χ4n) is 1.40. The van der Waals surface area contributed by atoms with E-state index in [0.29, 0.717) is 6.42 Å². The third-order valence-electron chi connectivity index (χ3n) is 2.15. The molecule has 0 aliphatic heterocycles. The van der Waals surface area contributed by atoms with Gasteiger partial charge >= 0.3 is 0 Å². The van der Waals surface area contributed by atoms with Gasteiger partial charge in [0.2, 0.25) is 0 Å². The fraction of sp³-hybridized carbons (Fsp3) is 0.167. The summed E-state index contributed by atoms with van der Waals surface area (Å²) in [5.74, 6) is 0.138. The minimum Gasteiger partial charge on any atom is -0.294 e. The van der Waals surface area contributed by atoms with Crippen LogP contribution in [-0.2, 0) is 6.42 Å². The van der Waals surface area contributed by atoms with Crippen molar-refractivity contribution in [2.75, 3.05) is 0 Å². The van der Waals surface area contributed by atoms with E-state index in [1.165, 1.54) is 0 Å². The normalized spacial score (nSPS) is 10.4. The van der Waals surface area contributed by atoms with Crippen LogP contribution in [0.4, 0.5) is 0 Å². The monoisotopic (exact) mass is 343 g/mol. The van der Waals surface area contributed by atoms with Crippen molar-refractivity contribution in [2.45, 2.75) is 13.3 Å². The van der Waals surface area contributed by atoms with E-state index in [1.54, 1.807) is 11.3 Å². The minimum atomic E-state index is 0.138. The first kappa shape index (κ1) is 11.7. The molecule has 0 N–H and O–H groups in total.